The third-order valence-corrected chi connectivity index (χ3v) is 2.80. The number of aromatic nitrogens is 1. The van der Waals surface area contributed by atoms with Gasteiger partial charge in [-0.05, 0) is 23.8 Å². The molecule has 0 radical (unpaired) electrons. The number of aliphatic hydroxyl groups is 1. The quantitative estimate of drug-likeness (QED) is 0.824. The predicted octanol–water partition coefficient (Wildman–Crippen LogP) is 2.41. The van der Waals surface area contributed by atoms with Gasteiger partial charge in [0, 0.05) is 12.7 Å². The maximum absolute atomic E-state index is 13.7. The van der Waals surface area contributed by atoms with Crippen LogP contribution in [0.4, 0.5) is 4.39 Å². The molecule has 0 amide bonds. The highest BCUT2D eigenvalue weighted by atomic mass is 19.1. The second kappa shape index (κ2) is 6.98. The van der Waals surface area contributed by atoms with Gasteiger partial charge in [0.25, 0.3) is 0 Å². The second-order valence-corrected chi connectivity index (χ2v) is 4.18. The predicted molar refractivity (Wildman–Crippen MR) is 72.9 cm³/mol. The molecule has 0 aliphatic heterocycles. The molecule has 5 heteroatoms. The van der Waals surface area contributed by atoms with E-state index in [2.05, 4.69) is 4.98 Å². The molecular weight excluding hydrogens is 261 g/mol. The average Bonchev–Trinajstić information content (AvgIpc) is 2.49. The molecule has 2 rings (SSSR count). The fraction of sp³-hybridized carbons (Fsp3) is 0.267. The Labute approximate surface area is 116 Å². The number of benzene rings is 1. The minimum Gasteiger partial charge on any atom is -0.491 e. The molecule has 106 valence electrons. The van der Waals surface area contributed by atoms with Crippen molar-refractivity contribution in [2.45, 2.75) is 6.61 Å². The van der Waals surface area contributed by atoms with Crippen molar-refractivity contribution in [3.63, 3.8) is 0 Å². The summed E-state index contributed by atoms with van der Waals surface area (Å²) in [4.78, 5) is 3.79. The summed E-state index contributed by atoms with van der Waals surface area (Å²) >= 11 is 0. The van der Waals surface area contributed by atoms with Crippen LogP contribution in [0.1, 0.15) is 5.69 Å². The minimum atomic E-state index is -0.421. The normalized spacial score (nSPS) is 10.6. The summed E-state index contributed by atoms with van der Waals surface area (Å²) < 4.78 is 24.1. The lowest BCUT2D eigenvalue weighted by Gasteiger charge is -2.08. The standard InChI is InChI=1S/C15H16FNO3/c1-19-6-7-20-13-4-2-11(3-5-13)14-8-12(10-18)17-9-15(14)16/h2-5,8-9,18H,6-7,10H2,1H3. The summed E-state index contributed by atoms with van der Waals surface area (Å²) in [5.74, 6) is 0.276. The first kappa shape index (κ1) is 14.4. The lowest BCUT2D eigenvalue weighted by molar-refractivity contribution is 0.146. The monoisotopic (exact) mass is 277 g/mol. The number of hydrogen-bond donors (Lipinski definition) is 1. The van der Waals surface area contributed by atoms with Crippen molar-refractivity contribution in [2.75, 3.05) is 20.3 Å². The van der Waals surface area contributed by atoms with Crippen LogP contribution < -0.4 is 4.74 Å². The molecule has 0 unspecified atom stereocenters. The Morgan fingerprint density at radius 3 is 2.60 bits per heavy atom. The zero-order chi connectivity index (χ0) is 14.4. The molecule has 0 aliphatic rings. The van der Waals surface area contributed by atoms with Gasteiger partial charge in [0.15, 0.2) is 0 Å². The van der Waals surface area contributed by atoms with Gasteiger partial charge in [-0.3, -0.25) is 4.98 Å². The highest BCUT2D eigenvalue weighted by Crippen LogP contribution is 2.25. The Hall–Kier alpha value is -1.98. The lowest BCUT2D eigenvalue weighted by Crippen LogP contribution is -2.03. The molecule has 0 bridgehead atoms. The van der Waals surface area contributed by atoms with E-state index >= 15 is 0 Å². The molecule has 0 saturated carbocycles. The third-order valence-electron chi connectivity index (χ3n) is 2.80. The van der Waals surface area contributed by atoms with Crippen molar-refractivity contribution >= 4 is 0 Å². The molecule has 2 aromatic rings. The number of ether oxygens (including phenoxy) is 2. The summed E-state index contributed by atoms with van der Waals surface area (Å²) in [6.07, 6.45) is 1.11. The molecule has 1 aromatic heterocycles. The average molecular weight is 277 g/mol. The molecular formula is C15H16FNO3. The highest BCUT2D eigenvalue weighted by molar-refractivity contribution is 5.64. The molecule has 1 heterocycles. The summed E-state index contributed by atoms with van der Waals surface area (Å²) in [6, 6.07) is 8.60. The molecule has 1 aromatic carbocycles. The van der Waals surface area contributed by atoms with Gasteiger partial charge >= 0.3 is 0 Å². The van der Waals surface area contributed by atoms with Crippen LogP contribution in [0.25, 0.3) is 11.1 Å². The Morgan fingerprint density at radius 2 is 1.95 bits per heavy atom. The smallest absolute Gasteiger partial charge is 0.149 e. The third kappa shape index (κ3) is 3.53. The van der Waals surface area contributed by atoms with Gasteiger partial charge in [-0.15, -0.1) is 0 Å². The molecule has 1 N–H and O–H groups in total. The topological polar surface area (TPSA) is 51.6 Å². The summed E-state index contributed by atoms with van der Waals surface area (Å²) in [6.45, 7) is 0.764. The first-order valence-electron chi connectivity index (χ1n) is 6.22. The number of rotatable bonds is 6. The van der Waals surface area contributed by atoms with Crippen molar-refractivity contribution in [3.05, 3.63) is 48.0 Å². The Morgan fingerprint density at radius 1 is 1.20 bits per heavy atom. The Kier molecular flexibility index (Phi) is 5.03. The van der Waals surface area contributed by atoms with Crippen molar-refractivity contribution in [1.29, 1.82) is 0 Å². The second-order valence-electron chi connectivity index (χ2n) is 4.18. The van der Waals surface area contributed by atoms with Crippen molar-refractivity contribution in [2.24, 2.45) is 0 Å². The molecule has 0 saturated heterocycles. The van der Waals surface area contributed by atoms with Crippen LogP contribution in [-0.2, 0) is 11.3 Å². The molecule has 0 fully saturated rings. The van der Waals surface area contributed by atoms with Gasteiger partial charge < -0.3 is 14.6 Å². The van der Waals surface area contributed by atoms with Crippen LogP contribution in [0.3, 0.4) is 0 Å². The van der Waals surface area contributed by atoms with Gasteiger partial charge in [0.05, 0.1) is 25.1 Å². The lowest BCUT2D eigenvalue weighted by atomic mass is 10.1. The van der Waals surface area contributed by atoms with Crippen molar-refractivity contribution < 1.29 is 19.0 Å². The van der Waals surface area contributed by atoms with Gasteiger partial charge in [-0.1, -0.05) is 12.1 Å². The van der Waals surface area contributed by atoms with E-state index in [4.69, 9.17) is 14.6 Å². The van der Waals surface area contributed by atoms with E-state index in [1.165, 1.54) is 6.07 Å². The number of hydrogen-bond acceptors (Lipinski definition) is 4. The van der Waals surface area contributed by atoms with Crippen molar-refractivity contribution in [3.8, 4) is 16.9 Å². The molecule has 0 atom stereocenters. The summed E-state index contributed by atoms with van der Waals surface area (Å²) in [7, 11) is 1.61. The first-order valence-corrected chi connectivity index (χ1v) is 6.22. The fourth-order valence-electron chi connectivity index (χ4n) is 1.76. The van der Waals surface area contributed by atoms with Crippen LogP contribution in [0.2, 0.25) is 0 Å². The first-order chi connectivity index (χ1) is 9.74. The Bertz CT molecular complexity index is 558. The van der Waals surface area contributed by atoms with Crippen LogP contribution in [0.15, 0.2) is 36.5 Å². The van der Waals surface area contributed by atoms with E-state index < -0.39 is 5.82 Å². The maximum atomic E-state index is 13.7. The number of pyridine rings is 1. The van der Waals surface area contributed by atoms with E-state index in [0.29, 0.717) is 35.8 Å². The fourth-order valence-corrected chi connectivity index (χ4v) is 1.76. The molecule has 20 heavy (non-hydrogen) atoms. The van der Waals surface area contributed by atoms with E-state index in [1.54, 1.807) is 31.4 Å². The summed E-state index contributed by atoms with van der Waals surface area (Å²) in [5, 5.41) is 9.05. The van der Waals surface area contributed by atoms with Crippen LogP contribution in [0.5, 0.6) is 5.75 Å². The van der Waals surface area contributed by atoms with Gasteiger partial charge in [0.1, 0.15) is 18.2 Å². The SMILES string of the molecule is COCCOc1ccc(-c2cc(CO)ncc2F)cc1. The van der Waals surface area contributed by atoms with E-state index in [1.807, 2.05) is 0 Å². The van der Waals surface area contributed by atoms with E-state index in [-0.39, 0.29) is 6.61 Å². The van der Waals surface area contributed by atoms with E-state index in [0.717, 1.165) is 6.20 Å². The zero-order valence-corrected chi connectivity index (χ0v) is 11.2. The Balaban J connectivity index is 2.17. The highest BCUT2D eigenvalue weighted by Gasteiger charge is 2.07. The van der Waals surface area contributed by atoms with Crippen molar-refractivity contribution in [1.82, 2.24) is 4.98 Å². The van der Waals surface area contributed by atoms with E-state index in [9.17, 15) is 4.39 Å². The summed E-state index contributed by atoms with van der Waals surface area (Å²) in [5.41, 5.74) is 1.55. The van der Waals surface area contributed by atoms with Crippen LogP contribution in [0, 0.1) is 5.82 Å². The largest absolute Gasteiger partial charge is 0.491 e. The maximum Gasteiger partial charge on any atom is 0.149 e. The number of methoxy groups -OCH3 is 1. The molecule has 0 aliphatic carbocycles. The van der Waals surface area contributed by atoms with Crippen LogP contribution in [-0.4, -0.2) is 30.4 Å². The number of halogens is 1. The van der Waals surface area contributed by atoms with Crippen LogP contribution >= 0.6 is 0 Å². The number of aliphatic hydroxyl groups excluding tert-OH is 1. The minimum absolute atomic E-state index is 0.217. The van der Waals surface area contributed by atoms with Gasteiger partial charge in [0.2, 0.25) is 0 Å². The van der Waals surface area contributed by atoms with Gasteiger partial charge in [-0.2, -0.15) is 0 Å². The molecule has 4 nitrogen and oxygen atoms in total. The number of nitrogens with zero attached hydrogens (tertiary/aromatic N) is 1. The molecule has 0 spiro atoms. The zero-order valence-electron chi connectivity index (χ0n) is 11.2. The van der Waals surface area contributed by atoms with Gasteiger partial charge in [-0.25, -0.2) is 4.39 Å².